The van der Waals surface area contributed by atoms with Crippen LogP contribution in [0, 0.1) is 0 Å². The van der Waals surface area contributed by atoms with Crippen molar-refractivity contribution in [3.05, 3.63) is 40.8 Å². The molecular formula is C16H20ClN5O. The molecule has 0 unspecified atom stereocenters. The summed E-state index contributed by atoms with van der Waals surface area (Å²) in [7, 11) is 0. The molecule has 0 bridgehead atoms. The van der Waals surface area contributed by atoms with Gasteiger partial charge in [0.25, 0.3) is 0 Å². The molecule has 4 rings (SSSR count). The molecule has 0 atom stereocenters. The monoisotopic (exact) mass is 333 g/mol. The normalized spacial score (nSPS) is 20.0. The van der Waals surface area contributed by atoms with Gasteiger partial charge in [-0.05, 0) is 24.5 Å². The quantitative estimate of drug-likeness (QED) is 0.783. The minimum absolute atomic E-state index is 0.529. The lowest BCUT2D eigenvalue weighted by molar-refractivity contribution is 0.114. The zero-order valence-electron chi connectivity index (χ0n) is 13.0. The SMILES string of the molecule is Clc1ccc(CN2CCN(Cc3nnc(C4CC4)o3)CC2)cn1. The highest BCUT2D eigenvalue weighted by Gasteiger charge is 2.29. The smallest absolute Gasteiger partial charge is 0.230 e. The molecule has 2 aliphatic rings. The number of hydrogen-bond donors (Lipinski definition) is 0. The van der Waals surface area contributed by atoms with Crippen LogP contribution in [0.2, 0.25) is 5.15 Å². The van der Waals surface area contributed by atoms with Crippen LogP contribution in [0.25, 0.3) is 0 Å². The van der Waals surface area contributed by atoms with Gasteiger partial charge in [0.2, 0.25) is 11.8 Å². The molecule has 6 nitrogen and oxygen atoms in total. The number of hydrogen-bond acceptors (Lipinski definition) is 6. The molecule has 2 aromatic heterocycles. The van der Waals surface area contributed by atoms with Crippen LogP contribution in [0.3, 0.4) is 0 Å². The van der Waals surface area contributed by atoms with E-state index in [1.807, 2.05) is 18.3 Å². The second-order valence-corrected chi connectivity index (χ2v) is 6.74. The third-order valence-corrected chi connectivity index (χ3v) is 4.65. The molecule has 0 radical (unpaired) electrons. The lowest BCUT2D eigenvalue weighted by Crippen LogP contribution is -2.45. The summed E-state index contributed by atoms with van der Waals surface area (Å²) in [5.41, 5.74) is 1.20. The van der Waals surface area contributed by atoms with Crippen LogP contribution < -0.4 is 0 Å². The van der Waals surface area contributed by atoms with E-state index in [9.17, 15) is 0 Å². The molecule has 1 saturated heterocycles. The Balaban J connectivity index is 1.26. The van der Waals surface area contributed by atoms with Gasteiger partial charge < -0.3 is 4.42 Å². The van der Waals surface area contributed by atoms with Gasteiger partial charge in [-0.25, -0.2) is 4.98 Å². The average molecular weight is 334 g/mol. The van der Waals surface area contributed by atoms with Crippen LogP contribution in [0.4, 0.5) is 0 Å². The van der Waals surface area contributed by atoms with Gasteiger partial charge in [-0.1, -0.05) is 17.7 Å². The first-order chi connectivity index (χ1) is 11.3. The van der Waals surface area contributed by atoms with Crippen molar-refractivity contribution in [2.45, 2.75) is 31.8 Å². The summed E-state index contributed by atoms with van der Waals surface area (Å²) in [6.45, 7) is 5.78. The van der Waals surface area contributed by atoms with Crippen molar-refractivity contribution in [1.82, 2.24) is 25.0 Å². The molecule has 23 heavy (non-hydrogen) atoms. The molecule has 0 aromatic carbocycles. The fraction of sp³-hybridized carbons (Fsp3) is 0.562. The highest BCUT2D eigenvalue weighted by molar-refractivity contribution is 6.29. The third-order valence-electron chi connectivity index (χ3n) is 4.43. The van der Waals surface area contributed by atoms with E-state index in [1.54, 1.807) is 0 Å². The molecule has 0 N–H and O–H groups in total. The van der Waals surface area contributed by atoms with Gasteiger partial charge in [-0.15, -0.1) is 10.2 Å². The molecule has 122 valence electrons. The van der Waals surface area contributed by atoms with Gasteiger partial charge in [0.15, 0.2) is 0 Å². The van der Waals surface area contributed by atoms with Crippen molar-refractivity contribution < 1.29 is 4.42 Å². The maximum atomic E-state index is 5.82. The predicted molar refractivity (Wildman–Crippen MR) is 86.1 cm³/mol. The van der Waals surface area contributed by atoms with Gasteiger partial charge in [-0.3, -0.25) is 9.80 Å². The van der Waals surface area contributed by atoms with Crippen molar-refractivity contribution in [2.24, 2.45) is 0 Å². The van der Waals surface area contributed by atoms with Crippen molar-refractivity contribution in [3.63, 3.8) is 0 Å². The van der Waals surface area contributed by atoms with Crippen molar-refractivity contribution in [1.29, 1.82) is 0 Å². The molecule has 0 spiro atoms. The van der Waals surface area contributed by atoms with E-state index in [2.05, 4.69) is 25.0 Å². The highest BCUT2D eigenvalue weighted by Crippen LogP contribution is 2.39. The minimum Gasteiger partial charge on any atom is -0.424 e. The van der Waals surface area contributed by atoms with E-state index < -0.39 is 0 Å². The number of nitrogens with zero attached hydrogens (tertiary/aromatic N) is 5. The Bertz CT molecular complexity index is 647. The Hall–Kier alpha value is -1.50. The van der Waals surface area contributed by atoms with Crippen LogP contribution in [-0.2, 0) is 13.1 Å². The Morgan fingerprint density at radius 3 is 2.43 bits per heavy atom. The van der Waals surface area contributed by atoms with E-state index in [1.165, 1.54) is 18.4 Å². The van der Waals surface area contributed by atoms with Crippen molar-refractivity contribution in [3.8, 4) is 0 Å². The molecule has 1 aliphatic heterocycles. The fourth-order valence-electron chi connectivity index (χ4n) is 2.88. The van der Waals surface area contributed by atoms with E-state index >= 15 is 0 Å². The van der Waals surface area contributed by atoms with Crippen LogP contribution >= 0.6 is 11.6 Å². The summed E-state index contributed by atoms with van der Waals surface area (Å²) in [6, 6.07) is 3.89. The van der Waals surface area contributed by atoms with Crippen LogP contribution in [0.15, 0.2) is 22.7 Å². The maximum absolute atomic E-state index is 5.82. The van der Waals surface area contributed by atoms with Crippen LogP contribution in [0.1, 0.15) is 36.1 Å². The summed E-state index contributed by atoms with van der Waals surface area (Å²) in [5.74, 6) is 2.11. The zero-order valence-corrected chi connectivity index (χ0v) is 13.7. The van der Waals surface area contributed by atoms with Crippen molar-refractivity contribution >= 4 is 11.6 Å². The third kappa shape index (κ3) is 3.88. The highest BCUT2D eigenvalue weighted by atomic mass is 35.5. The topological polar surface area (TPSA) is 58.3 Å². The number of halogens is 1. The predicted octanol–water partition coefficient (Wildman–Crippen LogP) is 2.31. The van der Waals surface area contributed by atoms with E-state index in [-0.39, 0.29) is 0 Å². The summed E-state index contributed by atoms with van der Waals surface area (Å²) in [6.07, 6.45) is 4.24. The summed E-state index contributed by atoms with van der Waals surface area (Å²) in [4.78, 5) is 8.95. The van der Waals surface area contributed by atoms with Gasteiger partial charge in [0.05, 0.1) is 6.54 Å². The molecule has 3 heterocycles. The molecule has 1 saturated carbocycles. The van der Waals surface area contributed by atoms with Crippen molar-refractivity contribution in [2.75, 3.05) is 26.2 Å². The molecule has 7 heteroatoms. The molecule has 2 fully saturated rings. The van der Waals surface area contributed by atoms with Gasteiger partial charge >= 0.3 is 0 Å². The Labute approximate surface area is 140 Å². The molecule has 1 aliphatic carbocycles. The Morgan fingerprint density at radius 1 is 1.04 bits per heavy atom. The average Bonchev–Trinajstić information content (AvgIpc) is 3.32. The van der Waals surface area contributed by atoms with E-state index in [0.29, 0.717) is 11.1 Å². The molecule has 2 aromatic rings. The standard InChI is InChI=1S/C16H20ClN5O/c17-14-4-1-12(9-18-14)10-21-5-7-22(8-6-21)11-15-19-20-16(23-15)13-2-3-13/h1,4,9,13H,2-3,5-8,10-11H2. The molecular weight excluding hydrogens is 314 g/mol. The number of piperazine rings is 1. The second-order valence-electron chi connectivity index (χ2n) is 6.35. The number of aromatic nitrogens is 3. The molecule has 0 amide bonds. The largest absolute Gasteiger partial charge is 0.424 e. The van der Waals surface area contributed by atoms with Gasteiger partial charge in [-0.2, -0.15) is 0 Å². The first-order valence-corrected chi connectivity index (χ1v) is 8.51. The fourth-order valence-corrected chi connectivity index (χ4v) is 2.99. The van der Waals surface area contributed by atoms with Crippen LogP contribution in [-0.4, -0.2) is 51.2 Å². The van der Waals surface area contributed by atoms with Crippen LogP contribution in [0.5, 0.6) is 0 Å². The van der Waals surface area contributed by atoms with E-state index in [4.69, 9.17) is 16.0 Å². The zero-order chi connectivity index (χ0) is 15.6. The minimum atomic E-state index is 0.529. The lowest BCUT2D eigenvalue weighted by Gasteiger charge is -2.33. The first-order valence-electron chi connectivity index (χ1n) is 8.14. The maximum Gasteiger partial charge on any atom is 0.230 e. The second kappa shape index (κ2) is 6.55. The Morgan fingerprint density at radius 2 is 1.78 bits per heavy atom. The summed E-state index contributed by atoms with van der Waals surface area (Å²) >= 11 is 5.82. The van der Waals surface area contributed by atoms with Gasteiger partial charge in [0, 0.05) is 44.8 Å². The number of rotatable bonds is 5. The first kappa shape index (κ1) is 15.1. The number of pyridine rings is 1. The van der Waals surface area contributed by atoms with Gasteiger partial charge in [0.1, 0.15) is 5.15 Å². The Kier molecular flexibility index (Phi) is 4.29. The summed E-state index contributed by atoms with van der Waals surface area (Å²) in [5, 5.41) is 8.87. The summed E-state index contributed by atoms with van der Waals surface area (Å²) < 4.78 is 5.75. The lowest BCUT2D eigenvalue weighted by atomic mass is 10.2. The van der Waals surface area contributed by atoms with E-state index in [0.717, 1.165) is 51.0 Å².